The highest BCUT2D eigenvalue weighted by atomic mass is 16.3. The van der Waals surface area contributed by atoms with E-state index in [1.165, 1.54) is 11.3 Å². The number of aliphatic hydroxyl groups is 1. The fourth-order valence-electron chi connectivity index (χ4n) is 2.86. The van der Waals surface area contributed by atoms with E-state index in [-0.39, 0.29) is 6.10 Å². The van der Waals surface area contributed by atoms with Crippen LogP contribution in [0.2, 0.25) is 0 Å². The van der Waals surface area contributed by atoms with Gasteiger partial charge in [0, 0.05) is 25.8 Å². The van der Waals surface area contributed by atoms with Crippen LogP contribution in [0.25, 0.3) is 0 Å². The molecule has 112 valence electrons. The van der Waals surface area contributed by atoms with Crippen LogP contribution in [0.4, 0.5) is 5.69 Å². The molecule has 0 amide bonds. The van der Waals surface area contributed by atoms with Gasteiger partial charge in [-0.05, 0) is 42.9 Å². The van der Waals surface area contributed by atoms with Gasteiger partial charge in [0.2, 0.25) is 0 Å². The maximum Gasteiger partial charge on any atom is 0.0546 e. The van der Waals surface area contributed by atoms with E-state index in [1.807, 2.05) is 0 Å². The van der Waals surface area contributed by atoms with Crippen LogP contribution in [0.1, 0.15) is 32.3 Å². The Bertz CT molecular complexity index is 413. The molecule has 3 nitrogen and oxygen atoms in total. The summed E-state index contributed by atoms with van der Waals surface area (Å²) in [4.78, 5) is 2.34. The van der Waals surface area contributed by atoms with Gasteiger partial charge in [-0.2, -0.15) is 0 Å². The fourth-order valence-corrected chi connectivity index (χ4v) is 2.86. The zero-order valence-corrected chi connectivity index (χ0v) is 13.0. The monoisotopic (exact) mass is 276 g/mol. The van der Waals surface area contributed by atoms with E-state index < -0.39 is 0 Å². The SMILES string of the molecule is CC(C)CNCc1ccccc1N(C)CC1CC(O)C1. The van der Waals surface area contributed by atoms with Crippen LogP contribution < -0.4 is 10.2 Å². The molecule has 1 fully saturated rings. The molecule has 0 saturated heterocycles. The molecule has 0 atom stereocenters. The molecule has 0 heterocycles. The molecule has 1 saturated carbocycles. The van der Waals surface area contributed by atoms with Crippen LogP contribution in [0.3, 0.4) is 0 Å². The maximum absolute atomic E-state index is 9.40. The Hall–Kier alpha value is -1.06. The zero-order chi connectivity index (χ0) is 14.5. The van der Waals surface area contributed by atoms with E-state index in [2.05, 4.69) is 55.4 Å². The van der Waals surface area contributed by atoms with Crippen molar-refractivity contribution in [1.29, 1.82) is 0 Å². The largest absolute Gasteiger partial charge is 0.393 e. The summed E-state index contributed by atoms with van der Waals surface area (Å²) in [7, 11) is 2.16. The summed E-state index contributed by atoms with van der Waals surface area (Å²) in [5.41, 5.74) is 2.67. The minimum atomic E-state index is -0.0589. The van der Waals surface area contributed by atoms with Crippen LogP contribution in [0, 0.1) is 11.8 Å². The predicted molar refractivity (Wildman–Crippen MR) is 85.0 cm³/mol. The number of hydrogen-bond donors (Lipinski definition) is 2. The van der Waals surface area contributed by atoms with Crippen LogP contribution in [0.15, 0.2) is 24.3 Å². The Balaban J connectivity index is 1.92. The van der Waals surface area contributed by atoms with E-state index in [1.54, 1.807) is 0 Å². The van der Waals surface area contributed by atoms with Crippen LogP contribution in [-0.4, -0.2) is 31.3 Å². The Kier molecular flexibility index (Phi) is 5.44. The molecule has 0 radical (unpaired) electrons. The molecule has 2 N–H and O–H groups in total. The second-order valence-electron chi connectivity index (χ2n) is 6.53. The van der Waals surface area contributed by atoms with Crippen LogP contribution >= 0.6 is 0 Å². The lowest BCUT2D eigenvalue weighted by Gasteiger charge is -2.35. The van der Waals surface area contributed by atoms with E-state index in [4.69, 9.17) is 0 Å². The van der Waals surface area contributed by atoms with Crippen molar-refractivity contribution in [1.82, 2.24) is 5.32 Å². The van der Waals surface area contributed by atoms with Gasteiger partial charge in [0.25, 0.3) is 0 Å². The summed E-state index contributed by atoms with van der Waals surface area (Å²) in [6, 6.07) is 8.61. The molecule has 0 aliphatic heterocycles. The summed E-state index contributed by atoms with van der Waals surface area (Å²) < 4.78 is 0. The average Bonchev–Trinajstić information content (AvgIpc) is 2.37. The van der Waals surface area contributed by atoms with Crippen molar-refractivity contribution in [2.75, 3.05) is 25.0 Å². The van der Waals surface area contributed by atoms with Crippen molar-refractivity contribution in [2.24, 2.45) is 11.8 Å². The highest BCUT2D eigenvalue weighted by Crippen LogP contribution is 2.30. The van der Waals surface area contributed by atoms with E-state index in [9.17, 15) is 5.11 Å². The molecule has 0 spiro atoms. The molecule has 3 heteroatoms. The Morgan fingerprint density at radius 2 is 2.00 bits per heavy atom. The average molecular weight is 276 g/mol. The number of anilines is 1. The lowest BCUT2D eigenvalue weighted by molar-refractivity contribution is 0.0464. The topological polar surface area (TPSA) is 35.5 Å². The number of rotatable bonds is 7. The van der Waals surface area contributed by atoms with Gasteiger partial charge in [-0.3, -0.25) is 0 Å². The first-order chi connectivity index (χ1) is 9.56. The van der Waals surface area contributed by atoms with E-state index in [0.717, 1.165) is 32.5 Å². The van der Waals surface area contributed by atoms with Gasteiger partial charge in [0.05, 0.1) is 6.10 Å². The van der Waals surface area contributed by atoms with Crippen molar-refractivity contribution < 1.29 is 5.11 Å². The third kappa shape index (κ3) is 4.22. The summed E-state index contributed by atoms with van der Waals surface area (Å²) in [5.74, 6) is 1.32. The van der Waals surface area contributed by atoms with Gasteiger partial charge in [0.15, 0.2) is 0 Å². The fraction of sp³-hybridized carbons (Fsp3) is 0.647. The first kappa shape index (κ1) is 15.3. The Morgan fingerprint density at radius 1 is 1.30 bits per heavy atom. The second-order valence-corrected chi connectivity index (χ2v) is 6.53. The highest BCUT2D eigenvalue weighted by molar-refractivity contribution is 5.53. The normalized spacial score (nSPS) is 21.9. The second kappa shape index (κ2) is 7.09. The Morgan fingerprint density at radius 3 is 2.65 bits per heavy atom. The summed E-state index contributed by atoms with van der Waals surface area (Å²) in [6.45, 7) is 7.47. The first-order valence-corrected chi connectivity index (χ1v) is 7.74. The number of hydrogen-bond acceptors (Lipinski definition) is 3. The van der Waals surface area contributed by atoms with E-state index >= 15 is 0 Å². The molecule has 2 rings (SSSR count). The standard InChI is InChI=1S/C17H28N2O/c1-13(2)10-18-11-15-6-4-5-7-17(15)19(3)12-14-8-16(20)9-14/h4-7,13-14,16,18,20H,8-12H2,1-3H3. The third-order valence-corrected chi connectivity index (χ3v) is 4.01. The molecule has 0 bridgehead atoms. The highest BCUT2D eigenvalue weighted by Gasteiger charge is 2.28. The van der Waals surface area contributed by atoms with Gasteiger partial charge < -0.3 is 15.3 Å². The van der Waals surface area contributed by atoms with Gasteiger partial charge in [-0.25, -0.2) is 0 Å². The summed E-state index contributed by atoms with van der Waals surface area (Å²) >= 11 is 0. The number of aliphatic hydroxyl groups excluding tert-OH is 1. The first-order valence-electron chi connectivity index (χ1n) is 7.74. The molecule has 1 aromatic carbocycles. The van der Waals surface area contributed by atoms with Crippen molar-refractivity contribution >= 4 is 5.69 Å². The molecule has 0 aromatic heterocycles. The summed E-state index contributed by atoms with van der Waals surface area (Å²) in [6.07, 6.45) is 1.85. The number of nitrogens with one attached hydrogen (secondary N) is 1. The molecular formula is C17H28N2O. The van der Waals surface area contributed by atoms with Crippen LogP contribution in [-0.2, 0) is 6.54 Å². The summed E-state index contributed by atoms with van der Waals surface area (Å²) in [5, 5.41) is 12.9. The van der Waals surface area contributed by atoms with Crippen molar-refractivity contribution in [3.05, 3.63) is 29.8 Å². The van der Waals surface area contributed by atoms with Gasteiger partial charge in [0.1, 0.15) is 0 Å². The molecular weight excluding hydrogens is 248 g/mol. The molecule has 1 aromatic rings. The smallest absolute Gasteiger partial charge is 0.0546 e. The van der Waals surface area contributed by atoms with Gasteiger partial charge in [-0.15, -0.1) is 0 Å². The lowest BCUT2D eigenvalue weighted by atomic mass is 9.82. The molecule has 20 heavy (non-hydrogen) atoms. The lowest BCUT2D eigenvalue weighted by Crippen LogP contribution is -2.37. The van der Waals surface area contributed by atoms with Crippen LogP contribution in [0.5, 0.6) is 0 Å². The van der Waals surface area contributed by atoms with E-state index in [0.29, 0.717) is 11.8 Å². The van der Waals surface area contributed by atoms with Crippen molar-refractivity contribution in [3.63, 3.8) is 0 Å². The minimum absolute atomic E-state index is 0.0589. The predicted octanol–water partition coefficient (Wildman–Crippen LogP) is 2.64. The Labute approximate surface area is 123 Å². The number of nitrogens with zero attached hydrogens (tertiary/aromatic N) is 1. The molecule has 1 aliphatic carbocycles. The zero-order valence-electron chi connectivity index (χ0n) is 13.0. The maximum atomic E-state index is 9.40. The quantitative estimate of drug-likeness (QED) is 0.803. The third-order valence-electron chi connectivity index (χ3n) is 4.01. The van der Waals surface area contributed by atoms with Gasteiger partial charge in [-0.1, -0.05) is 32.0 Å². The number of para-hydroxylation sites is 1. The van der Waals surface area contributed by atoms with Crippen molar-refractivity contribution in [2.45, 2.75) is 39.3 Å². The molecule has 0 unspecified atom stereocenters. The van der Waals surface area contributed by atoms with Gasteiger partial charge >= 0.3 is 0 Å². The van der Waals surface area contributed by atoms with Crippen molar-refractivity contribution in [3.8, 4) is 0 Å². The number of benzene rings is 1. The molecule has 1 aliphatic rings. The minimum Gasteiger partial charge on any atom is -0.393 e.